The number of nitrogens with zero attached hydrogens (tertiary/aromatic N) is 2. The Kier molecular flexibility index (Phi) is 5.43. The van der Waals surface area contributed by atoms with Crippen molar-refractivity contribution in [3.8, 4) is 0 Å². The van der Waals surface area contributed by atoms with Crippen molar-refractivity contribution in [3.63, 3.8) is 0 Å². The van der Waals surface area contributed by atoms with Crippen molar-refractivity contribution in [1.82, 2.24) is 15.1 Å². The predicted molar refractivity (Wildman–Crippen MR) is 70.3 cm³/mol. The molecule has 0 spiro atoms. The number of rotatable bonds is 6. The van der Waals surface area contributed by atoms with Crippen LogP contribution in [0.3, 0.4) is 0 Å². The maximum Gasteiger partial charge on any atom is 0.0534 e. The number of hydrogen-bond donors (Lipinski definition) is 2. The molecule has 1 saturated carbocycles. The largest absolute Gasteiger partial charge is 0.396 e. The van der Waals surface area contributed by atoms with E-state index in [-0.39, 0.29) is 24.6 Å². The molecular weight excluding hydrogens is 238 g/mol. The summed E-state index contributed by atoms with van der Waals surface area (Å²) in [6.45, 7) is 4.15. The second-order valence-electron chi connectivity index (χ2n) is 4.67. The summed E-state index contributed by atoms with van der Waals surface area (Å²) in [4.78, 5) is 0. The fourth-order valence-electron chi connectivity index (χ4n) is 2.29. The van der Waals surface area contributed by atoms with Crippen molar-refractivity contribution in [2.75, 3.05) is 6.61 Å². The highest BCUT2D eigenvalue weighted by molar-refractivity contribution is 5.85. The molecule has 0 bridgehead atoms. The summed E-state index contributed by atoms with van der Waals surface area (Å²) < 4.78 is 1.94. The first kappa shape index (κ1) is 14.5. The van der Waals surface area contributed by atoms with E-state index in [1.165, 1.54) is 24.8 Å². The number of hydrogen-bond acceptors (Lipinski definition) is 3. The van der Waals surface area contributed by atoms with E-state index in [4.69, 9.17) is 5.11 Å². The minimum Gasteiger partial charge on any atom is -0.396 e. The lowest BCUT2D eigenvalue weighted by atomic mass is 9.74. The third kappa shape index (κ3) is 3.44. The topological polar surface area (TPSA) is 50.1 Å². The van der Waals surface area contributed by atoms with Gasteiger partial charge in [0, 0.05) is 37.0 Å². The van der Waals surface area contributed by atoms with E-state index in [1.807, 2.05) is 10.9 Å². The molecule has 0 unspecified atom stereocenters. The Morgan fingerprint density at radius 1 is 1.53 bits per heavy atom. The van der Waals surface area contributed by atoms with Gasteiger partial charge in [-0.1, -0.05) is 0 Å². The number of aromatic nitrogens is 2. The minimum absolute atomic E-state index is 0. The molecule has 1 aromatic rings. The van der Waals surface area contributed by atoms with Crippen LogP contribution < -0.4 is 5.32 Å². The molecule has 1 aliphatic rings. The van der Waals surface area contributed by atoms with E-state index in [1.54, 1.807) is 0 Å². The Labute approximate surface area is 109 Å². The number of aliphatic hydroxyl groups is 1. The van der Waals surface area contributed by atoms with Gasteiger partial charge in [0.05, 0.1) is 6.20 Å². The Balaban J connectivity index is 0.00000144. The molecule has 98 valence electrons. The maximum absolute atomic E-state index is 9.05. The zero-order valence-corrected chi connectivity index (χ0v) is 11.2. The van der Waals surface area contributed by atoms with Crippen LogP contribution in [-0.4, -0.2) is 27.0 Å². The second-order valence-corrected chi connectivity index (χ2v) is 4.67. The van der Waals surface area contributed by atoms with E-state index in [0.717, 1.165) is 19.5 Å². The molecular formula is C12H22ClN3O. The summed E-state index contributed by atoms with van der Waals surface area (Å²) in [6, 6.07) is 0. The summed E-state index contributed by atoms with van der Waals surface area (Å²) >= 11 is 0. The third-order valence-electron chi connectivity index (χ3n) is 3.58. The van der Waals surface area contributed by atoms with Gasteiger partial charge in [-0.05, 0) is 32.6 Å². The van der Waals surface area contributed by atoms with E-state index in [0.29, 0.717) is 0 Å². The van der Waals surface area contributed by atoms with E-state index in [2.05, 4.69) is 23.5 Å². The van der Waals surface area contributed by atoms with Crippen molar-refractivity contribution < 1.29 is 5.11 Å². The Hall–Kier alpha value is -0.580. The molecule has 0 amide bonds. The highest BCUT2D eigenvalue weighted by Gasteiger charge is 2.35. The van der Waals surface area contributed by atoms with Crippen molar-refractivity contribution in [2.45, 2.75) is 51.2 Å². The summed E-state index contributed by atoms with van der Waals surface area (Å²) in [7, 11) is 0. The Morgan fingerprint density at radius 3 is 2.76 bits per heavy atom. The second kappa shape index (κ2) is 6.38. The highest BCUT2D eigenvalue weighted by Crippen LogP contribution is 2.34. The number of aliphatic hydroxyl groups excluding tert-OH is 1. The van der Waals surface area contributed by atoms with Crippen LogP contribution in [0.2, 0.25) is 0 Å². The minimum atomic E-state index is 0. The standard InChI is InChI=1S/C12H21N3O.ClH/c1-2-15-10-11(9-14-15)8-13-12(6-7-16)4-3-5-12;/h9-10,13,16H,2-8H2,1H3;1H. The van der Waals surface area contributed by atoms with Gasteiger partial charge in [0.15, 0.2) is 0 Å². The Bertz CT molecular complexity index is 336. The summed E-state index contributed by atoms with van der Waals surface area (Å²) in [5, 5.41) is 16.9. The molecule has 0 atom stereocenters. The van der Waals surface area contributed by atoms with Gasteiger partial charge in [0.25, 0.3) is 0 Å². The molecule has 1 heterocycles. The first-order valence-electron chi connectivity index (χ1n) is 6.15. The third-order valence-corrected chi connectivity index (χ3v) is 3.58. The fraction of sp³-hybridized carbons (Fsp3) is 0.750. The molecule has 1 aliphatic carbocycles. The van der Waals surface area contributed by atoms with Gasteiger partial charge in [0.1, 0.15) is 0 Å². The summed E-state index contributed by atoms with van der Waals surface area (Å²) in [6.07, 6.45) is 8.53. The lowest BCUT2D eigenvalue weighted by Crippen LogP contribution is -2.51. The van der Waals surface area contributed by atoms with Crippen LogP contribution >= 0.6 is 12.4 Å². The van der Waals surface area contributed by atoms with Crippen LogP contribution in [0.5, 0.6) is 0 Å². The van der Waals surface area contributed by atoms with Crippen LogP contribution in [0.15, 0.2) is 12.4 Å². The number of halogens is 1. The number of aryl methyl sites for hydroxylation is 1. The molecule has 1 fully saturated rings. The molecule has 2 rings (SSSR count). The lowest BCUT2D eigenvalue weighted by Gasteiger charge is -2.42. The average molecular weight is 260 g/mol. The predicted octanol–water partition coefficient (Wildman–Crippen LogP) is 1.72. The van der Waals surface area contributed by atoms with Crippen LogP contribution in [0.1, 0.15) is 38.2 Å². The quantitative estimate of drug-likeness (QED) is 0.818. The maximum atomic E-state index is 9.05. The highest BCUT2D eigenvalue weighted by atomic mass is 35.5. The van der Waals surface area contributed by atoms with E-state index >= 15 is 0 Å². The summed E-state index contributed by atoms with van der Waals surface area (Å²) in [5.74, 6) is 0. The first-order chi connectivity index (χ1) is 7.78. The van der Waals surface area contributed by atoms with Gasteiger partial charge in [-0.15, -0.1) is 12.4 Å². The fourth-order valence-corrected chi connectivity index (χ4v) is 2.29. The molecule has 17 heavy (non-hydrogen) atoms. The Morgan fingerprint density at radius 2 is 2.29 bits per heavy atom. The molecule has 0 radical (unpaired) electrons. The van der Waals surface area contributed by atoms with Crippen LogP contribution in [0.25, 0.3) is 0 Å². The molecule has 2 N–H and O–H groups in total. The van der Waals surface area contributed by atoms with Gasteiger partial charge in [-0.25, -0.2) is 0 Å². The molecule has 0 aliphatic heterocycles. The van der Waals surface area contributed by atoms with Gasteiger partial charge in [0.2, 0.25) is 0 Å². The van der Waals surface area contributed by atoms with Crippen LogP contribution in [0.4, 0.5) is 0 Å². The average Bonchev–Trinajstić information content (AvgIpc) is 2.70. The van der Waals surface area contributed by atoms with Gasteiger partial charge in [-0.3, -0.25) is 4.68 Å². The molecule has 0 saturated heterocycles. The van der Waals surface area contributed by atoms with Gasteiger partial charge < -0.3 is 10.4 Å². The SMILES string of the molecule is CCn1cc(CNC2(CCO)CCC2)cn1.Cl. The first-order valence-corrected chi connectivity index (χ1v) is 6.15. The van der Waals surface area contributed by atoms with Gasteiger partial charge >= 0.3 is 0 Å². The van der Waals surface area contributed by atoms with Crippen LogP contribution in [0, 0.1) is 0 Å². The summed E-state index contributed by atoms with van der Waals surface area (Å²) in [5.41, 5.74) is 1.43. The molecule has 4 nitrogen and oxygen atoms in total. The monoisotopic (exact) mass is 259 g/mol. The van der Waals surface area contributed by atoms with Crippen LogP contribution in [-0.2, 0) is 13.1 Å². The zero-order chi connectivity index (χ0) is 11.4. The van der Waals surface area contributed by atoms with Gasteiger partial charge in [-0.2, -0.15) is 5.10 Å². The smallest absolute Gasteiger partial charge is 0.0534 e. The molecule has 0 aromatic carbocycles. The number of nitrogens with one attached hydrogen (secondary N) is 1. The van der Waals surface area contributed by atoms with E-state index < -0.39 is 0 Å². The van der Waals surface area contributed by atoms with E-state index in [9.17, 15) is 0 Å². The van der Waals surface area contributed by atoms with Crippen molar-refractivity contribution in [3.05, 3.63) is 18.0 Å². The normalized spacial score (nSPS) is 17.3. The van der Waals surface area contributed by atoms with Crippen molar-refractivity contribution >= 4 is 12.4 Å². The molecule has 1 aromatic heterocycles. The van der Waals surface area contributed by atoms with Crippen molar-refractivity contribution in [2.24, 2.45) is 0 Å². The lowest BCUT2D eigenvalue weighted by molar-refractivity contribution is 0.130. The zero-order valence-electron chi connectivity index (χ0n) is 10.4. The molecule has 5 heteroatoms. The van der Waals surface area contributed by atoms with Crippen molar-refractivity contribution in [1.29, 1.82) is 0 Å².